The highest BCUT2D eigenvalue weighted by Crippen LogP contribution is 2.18. The molecule has 3 aromatic rings. The van der Waals surface area contributed by atoms with Crippen LogP contribution in [0.5, 0.6) is 0 Å². The van der Waals surface area contributed by atoms with Gasteiger partial charge in [-0.2, -0.15) is 0 Å². The molecular formula is C16H13N3O3S. The molecule has 116 valence electrons. The number of nitrogens with one attached hydrogen (secondary N) is 1. The molecule has 23 heavy (non-hydrogen) atoms. The van der Waals surface area contributed by atoms with Gasteiger partial charge in [0.15, 0.2) is 10.8 Å². The Morgan fingerprint density at radius 2 is 1.96 bits per heavy atom. The zero-order valence-electron chi connectivity index (χ0n) is 12.3. The summed E-state index contributed by atoms with van der Waals surface area (Å²) >= 11 is 1.16. The van der Waals surface area contributed by atoms with Gasteiger partial charge in [0.05, 0.1) is 12.1 Å². The first kappa shape index (κ1) is 15.1. The molecule has 1 N–H and O–H groups in total. The fourth-order valence-corrected chi connectivity index (χ4v) is 2.66. The Balaban J connectivity index is 1.76. The Labute approximate surface area is 136 Å². The second-order valence-electron chi connectivity index (χ2n) is 4.60. The van der Waals surface area contributed by atoms with Crippen molar-refractivity contribution in [1.29, 1.82) is 0 Å². The van der Waals surface area contributed by atoms with E-state index in [0.717, 1.165) is 22.2 Å². The van der Waals surface area contributed by atoms with Gasteiger partial charge in [0.1, 0.15) is 5.69 Å². The molecule has 0 atom stereocenters. The Morgan fingerprint density at radius 3 is 2.78 bits per heavy atom. The number of thiazole rings is 1. The number of fused-ring (bicyclic) bond motifs is 1. The molecule has 1 amide bonds. The summed E-state index contributed by atoms with van der Waals surface area (Å²) in [6, 6.07) is 11.0. The van der Waals surface area contributed by atoms with Gasteiger partial charge in [0.25, 0.3) is 5.91 Å². The van der Waals surface area contributed by atoms with E-state index in [-0.39, 0.29) is 23.9 Å². The van der Waals surface area contributed by atoms with Crippen molar-refractivity contribution in [3.05, 3.63) is 53.2 Å². The standard InChI is InChI=1S/C16H13N3O3S/c1-2-22-15(21)13-9-23-16(18-13)19-14(20)12-8-7-10-5-3-4-6-11(10)17-12/h3-9H,2H2,1H3,(H,18,19,20). The minimum atomic E-state index is -0.506. The molecule has 0 fully saturated rings. The number of hydrogen-bond donors (Lipinski definition) is 1. The van der Waals surface area contributed by atoms with Crippen molar-refractivity contribution in [3.63, 3.8) is 0 Å². The Bertz CT molecular complexity index is 876. The third-order valence-corrected chi connectivity index (χ3v) is 3.80. The van der Waals surface area contributed by atoms with Crippen LogP contribution in [-0.4, -0.2) is 28.5 Å². The summed E-state index contributed by atoms with van der Waals surface area (Å²) in [4.78, 5) is 32.2. The number of nitrogens with zero attached hydrogens (tertiary/aromatic N) is 2. The second-order valence-corrected chi connectivity index (χ2v) is 5.46. The van der Waals surface area contributed by atoms with E-state index in [0.29, 0.717) is 5.13 Å². The van der Waals surface area contributed by atoms with Crippen LogP contribution in [-0.2, 0) is 4.74 Å². The van der Waals surface area contributed by atoms with Crippen LogP contribution in [0.25, 0.3) is 10.9 Å². The van der Waals surface area contributed by atoms with Crippen LogP contribution < -0.4 is 5.32 Å². The third-order valence-electron chi connectivity index (χ3n) is 3.04. The average molecular weight is 327 g/mol. The van der Waals surface area contributed by atoms with Crippen LogP contribution in [0, 0.1) is 0 Å². The van der Waals surface area contributed by atoms with Crippen molar-refractivity contribution in [2.24, 2.45) is 0 Å². The van der Waals surface area contributed by atoms with Gasteiger partial charge in [0.2, 0.25) is 0 Å². The number of aromatic nitrogens is 2. The van der Waals surface area contributed by atoms with E-state index in [1.54, 1.807) is 18.4 Å². The number of ether oxygens (including phenoxy) is 1. The molecule has 0 saturated carbocycles. The Morgan fingerprint density at radius 1 is 1.13 bits per heavy atom. The summed E-state index contributed by atoms with van der Waals surface area (Å²) < 4.78 is 4.86. The first-order chi connectivity index (χ1) is 11.2. The number of anilines is 1. The molecule has 3 rings (SSSR count). The molecule has 7 heteroatoms. The minimum Gasteiger partial charge on any atom is -0.461 e. The first-order valence-corrected chi connectivity index (χ1v) is 7.85. The summed E-state index contributed by atoms with van der Waals surface area (Å²) in [5.74, 6) is -0.881. The predicted octanol–water partition coefficient (Wildman–Crippen LogP) is 3.12. The van der Waals surface area contributed by atoms with Gasteiger partial charge < -0.3 is 4.74 Å². The number of para-hydroxylation sites is 1. The molecule has 0 radical (unpaired) electrons. The fourth-order valence-electron chi connectivity index (χ4n) is 1.98. The molecule has 0 saturated heterocycles. The van der Waals surface area contributed by atoms with E-state index in [4.69, 9.17) is 4.74 Å². The zero-order chi connectivity index (χ0) is 16.2. The molecule has 1 aromatic carbocycles. The number of benzene rings is 1. The van der Waals surface area contributed by atoms with Crippen molar-refractivity contribution >= 4 is 39.2 Å². The van der Waals surface area contributed by atoms with E-state index in [2.05, 4.69) is 15.3 Å². The minimum absolute atomic E-state index is 0.179. The maximum Gasteiger partial charge on any atom is 0.357 e. The number of amides is 1. The van der Waals surface area contributed by atoms with Crippen molar-refractivity contribution in [1.82, 2.24) is 9.97 Å². The molecule has 2 heterocycles. The highest BCUT2D eigenvalue weighted by molar-refractivity contribution is 7.14. The van der Waals surface area contributed by atoms with E-state index >= 15 is 0 Å². The molecule has 2 aromatic heterocycles. The second kappa shape index (κ2) is 6.53. The monoisotopic (exact) mass is 327 g/mol. The lowest BCUT2D eigenvalue weighted by Crippen LogP contribution is -2.14. The number of carbonyl (C=O) groups excluding carboxylic acids is 2. The molecule has 0 bridgehead atoms. The van der Waals surface area contributed by atoms with Crippen LogP contribution in [0.4, 0.5) is 5.13 Å². The SMILES string of the molecule is CCOC(=O)c1csc(NC(=O)c2ccc3ccccc3n2)n1. The van der Waals surface area contributed by atoms with Gasteiger partial charge in [-0.15, -0.1) is 11.3 Å². The normalized spacial score (nSPS) is 10.5. The van der Waals surface area contributed by atoms with E-state index in [1.807, 2.05) is 30.3 Å². The molecule has 6 nitrogen and oxygen atoms in total. The lowest BCUT2D eigenvalue weighted by atomic mass is 10.2. The quantitative estimate of drug-likeness (QED) is 0.745. The van der Waals surface area contributed by atoms with Crippen molar-refractivity contribution in [2.75, 3.05) is 11.9 Å². The van der Waals surface area contributed by atoms with Gasteiger partial charge in [-0.25, -0.2) is 14.8 Å². The van der Waals surface area contributed by atoms with Gasteiger partial charge in [-0.3, -0.25) is 10.1 Å². The van der Waals surface area contributed by atoms with Gasteiger partial charge in [-0.05, 0) is 19.1 Å². The fraction of sp³-hybridized carbons (Fsp3) is 0.125. The number of pyridine rings is 1. The zero-order valence-corrected chi connectivity index (χ0v) is 13.1. The predicted molar refractivity (Wildman–Crippen MR) is 87.8 cm³/mol. The van der Waals surface area contributed by atoms with Crippen LogP contribution in [0.3, 0.4) is 0 Å². The van der Waals surface area contributed by atoms with Gasteiger partial charge >= 0.3 is 5.97 Å². The number of hydrogen-bond acceptors (Lipinski definition) is 6. The van der Waals surface area contributed by atoms with Gasteiger partial charge in [-0.1, -0.05) is 24.3 Å². The van der Waals surface area contributed by atoms with E-state index < -0.39 is 5.97 Å². The van der Waals surface area contributed by atoms with E-state index in [9.17, 15) is 9.59 Å². The van der Waals surface area contributed by atoms with Crippen LogP contribution in [0.2, 0.25) is 0 Å². The molecule has 0 aliphatic rings. The molecule has 0 aliphatic carbocycles. The lowest BCUT2D eigenvalue weighted by Gasteiger charge is -2.03. The van der Waals surface area contributed by atoms with Crippen molar-refractivity contribution in [2.45, 2.75) is 6.92 Å². The van der Waals surface area contributed by atoms with Crippen molar-refractivity contribution in [3.8, 4) is 0 Å². The Hall–Kier alpha value is -2.80. The molecular weight excluding hydrogens is 314 g/mol. The smallest absolute Gasteiger partial charge is 0.357 e. The highest BCUT2D eigenvalue weighted by Gasteiger charge is 2.14. The average Bonchev–Trinajstić information content (AvgIpc) is 3.03. The van der Waals surface area contributed by atoms with Gasteiger partial charge in [0, 0.05) is 10.8 Å². The summed E-state index contributed by atoms with van der Waals surface area (Å²) in [6.07, 6.45) is 0. The summed E-state index contributed by atoms with van der Waals surface area (Å²) in [6.45, 7) is 2.00. The molecule has 0 unspecified atom stereocenters. The third kappa shape index (κ3) is 3.35. The molecule has 0 aliphatic heterocycles. The van der Waals surface area contributed by atoms with E-state index in [1.165, 1.54) is 0 Å². The van der Waals surface area contributed by atoms with Crippen LogP contribution in [0.15, 0.2) is 41.8 Å². The van der Waals surface area contributed by atoms with Crippen LogP contribution in [0.1, 0.15) is 27.9 Å². The Kier molecular flexibility index (Phi) is 4.29. The molecule has 0 spiro atoms. The largest absolute Gasteiger partial charge is 0.461 e. The maximum atomic E-state index is 12.2. The van der Waals surface area contributed by atoms with Crippen LogP contribution >= 0.6 is 11.3 Å². The maximum absolute atomic E-state index is 12.2. The summed E-state index contributed by atoms with van der Waals surface area (Å²) in [7, 11) is 0. The number of rotatable bonds is 4. The van der Waals surface area contributed by atoms with Crippen molar-refractivity contribution < 1.29 is 14.3 Å². The number of esters is 1. The first-order valence-electron chi connectivity index (χ1n) is 6.97. The number of carbonyl (C=O) groups is 2. The highest BCUT2D eigenvalue weighted by atomic mass is 32.1. The lowest BCUT2D eigenvalue weighted by molar-refractivity contribution is 0.0520. The summed E-state index contributed by atoms with van der Waals surface area (Å²) in [5.41, 5.74) is 1.21. The topological polar surface area (TPSA) is 81.2 Å². The summed E-state index contributed by atoms with van der Waals surface area (Å²) in [5, 5.41) is 5.47.